The molecule has 0 saturated heterocycles. The maximum atomic E-state index is 12.7. The summed E-state index contributed by atoms with van der Waals surface area (Å²) in [6.07, 6.45) is 1.13. The van der Waals surface area contributed by atoms with E-state index in [-0.39, 0.29) is 11.3 Å². The van der Waals surface area contributed by atoms with E-state index < -0.39 is 33.7 Å². The van der Waals surface area contributed by atoms with Crippen molar-refractivity contribution in [2.24, 2.45) is 0 Å². The van der Waals surface area contributed by atoms with Gasteiger partial charge in [-0.15, -0.1) is 5.10 Å². The van der Waals surface area contributed by atoms with Gasteiger partial charge in [-0.2, -0.15) is 4.72 Å². The van der Waals surface area contributed by atoms with Crippen LogP contribution in [0, 0.1) is 0 Å². The normalized spacial score (nSPS) is 12.5. The predicted molar refractivity (Wildman–Crippen MR) is 156 cm³/mol. The molecule has 0 aliphatic carbocycles. The molecule has 0 saturated carbocycles. The summed E-state index contributed by atoms with van der Waals surface area (Å²) < 4.78 is 35.2. The van der Waals surface area contributed by atoms with Crippen molar-refractivity contribution in [2.45, 2.75) is 43.7 Å². The summed E-state index contributed by atoms with van der Waals surface area (Å²) in [6.45, 7) is 5.36. The number of nitrogens with one attached hydrogen (secondary N) is 2. The number of hydrogen-bond acceptors (Lipinski definition) is 7. The molecular formula is C28H28BrN5O6S. The molecule has 1 heterocycles. The zero-order valence-electron chi connectivity index (χ0n) is 22.4. The first-order valence-electron chi connectivity index (χ1n) is 12.4. The quantitative estimate of drug-likeness (QED) is 0.230. The van der Waals surface area contributed by atoms with Crippen LogP contribution in [-0.4, -0.2) is 52.2 Å². The lowest BCUT2D eigenvalue weighted by Crippen LogP contribution is -2.42. The maximum Gasteiger partial charge on any atom is 0.412 e. The number of carbonyl (C=O) groups is 2. The van der Waals surface area contributed by atoms with Crippen LogP contribution in [0.2, 0.25) is 0 Å². The molecule has 214 valence electrons. The fraction of sp³-hybridized carbons (Fsp3) is 0.214. The molecular weight excluding hydrogens is 614 g/mol. The predicted octanol–water partition coefficient (Wildman–Crippen LogP) is 5.02. The molecule has 13 heteroatoms. The summed E-state index contributed by atoms with van der Waals surface area (Å²) >= 11 is 3.25. The Morgan fingerprint density at radius 3 is 2.22 bits per heavy atom. The van der Waals surface area contributed by atoms with Gasteiger partial charge in [-0.05, 0) is 81.3 Å². The lowest BCUT2D eigenvalue weighted by Gasteiger charge is -2.19. The molecule has 4 aromatic rings. The van der Waals surface area contributed by atoms with Crippen LogP contribution in [-0.2, 0) is 26.0 Å². The van der Waals surface area contributed by atoms with Gasteiger partial charge in [-0.1, -0.05) is 45.4 Å². The van der Waals surface area contributed by atoms with Crippen LogP contribution in [0.25, 0.3) is 16.9 Å². The maximum absolute atomic E-state index is 12.7. The third-order valence-corrected chi connectivity index (χ3v) is 7.70. The summed E-state index contributed by atoms with van der Waals surface area (Å²) in [6, 6.07) is 18.5. The molecule has 3 N–H and O–H groups in total. The molecule has 0 bridgehead atoms. The van der Waals surface area contributed by atoms with Gasteiger partial charge in [0.05, 0.1) is 16.8 Å². The Labute approximate surface area is 245 Å². The Balaban J connectivity index is 1.41. The van der Waals surface area contributed by atoms with Crippen molar-refractivity contribution in [3.05, 3.63) is 89.0 Å². The van der Waals surface area contributed by atoms with E-state index in [0.717, 1.165) is 11.3 Å². The van der Waals surface area contributed by atoms with Crippen molar-refractivity contribution in [2.75, 3.05) is 5.32 Å². The first-order chi connectivity index (χ1) is 19.3. The topological polar surface area (TPSA) is 153 Å². The van der Waals surface area contributed by atoms with E-state index in [1.165, 1.54) is 12.1 Å². The number of benzene rings is 3. The van der Waals surface area contributed by atoms with Crippen LogP contribution in [0.4, 0.5) is 10.5 Å². The molecule has 1 atom stereocenters. The van der Waals surface area contributed by atoms with Crippen molar-refractivity contribution in [3.63, 3.8) is 0 Å². The largest absolute Gasteiger partial charge is 0.480 e. The van der Waals surface area contributed by atoms with Crippen LogP contribution in [0.3, 0.4) is 0 Å². The first-order valence-corrected chi connectivity index (χ1v) is 14.7. The van der Waals surface area contributed by atoms with Gasteiger partial charge in [0.2, 0.25) is 10.0 Å². The highest BCUT2D eigenvalue weighted by Gasteiger charge is 2.26. The van der Waals surface area contributed by atoms with Gasteiger partial charge in [0.25, 0.3) is 0 Å². The van der Waals surface area contributed by atoms with Gasteiger partial charge < -0.3 is 9.84 Å². The van der Waals surface area contributed by atoms with E-state index in [4.69, 9.17) is 4.74 Å². The Morgan fingerprint density at radius 1 is 1.00 bits per heavy atom. The highest BCUT2D eigenvalue weighted by Crippen LogP contribution is 2.21. The number of aromatic nitrogens is 3. The number of rotatable bonds is 9. The number of halogens is 1. The van der Waals surface area contributed by atoms with E-state index in [1.807, 2.05) is 0 Å². The van der Waals surface area contributed by atoms with Gasteiger partial charge in [-0.25, -0.2) is 17.9 Å². The minimum Gasteiger partial charge on any atom is -0.480 e. The van der Waals surface area contributed by atoms with Crippen molar-refractivity contribution in [1.29, 1.82) is 0 Å². The van der Waals surface area contributed by atoms with Crippen LogP contribution >= 0.6 is 15.9 Å². The number of anilines is 1. The number of nitrogens with zero attached hydrogens (tertiary/aromatic N) is 3. The molecule has 1 amide bonds. The standard InChI is InChI=1S/C28H28BrN5O6S/c1-28(2,3)40-27(37)30-21-10-12-22(13-11-21)34-17-25(31-33-34)19-6-4-18(5-7-19)16-24(26(35)36)32-41(38,39)23-14-8-20(29)9-15-23/h4-15,17,24,32H,16H2,1-3H3,(H,30,37)(H,35,36)/t24-/m1/s1. The summed E-state index contributed by atoms with van der Waals surface area (Å²) in [5.41, 5.74) is 2.63. The number of ether oxygens (including phenoxy) is 1. The van der Waals surface area contributed by atoms with E-state index in [9.17, 15) is 23.1 Å². The monoisotopic (exact) mass is 641 g/mol. The summed E-state index contributed by atoms with van der Waals surface area (Å²) in [5.74, 6) is -1.29. The SMILES string of the molecule is CC(C)(C)OC(=O)Nc1ccc(-n2cc(-c3ccc(C[C@@H](NS(=O)(=O)c4ccc(Br)cc4)C(=O)O)cc3)nn2)cc1. The van der Waals surface area contributed by atoms with Crippen LogP contribution < -0.4 is 10.0 Å². The van der Waals surface area contributed by atoms with Crippen LogP contribution in [0.5, 0.6) is 0 Å². The molecule has 0 unspecified atom stereocenters. The summed E-state index contributed by atoms with van der Waals surface area (Å²) in [7, 11) is -4.03. The third-order valence-electron chi connectivity index (χ3n) is 5.68. The number of hydrogen-bond donors (Lipinski definition) is 3. The minimum atomic E-state index is -4.03. The zero-order chi connectivity index (χ0) is 29.8. The van der Waals surface area contributed by atoms with Gasteiger partial charge in [0, 0.05) is 15.7 Å². The van der Waals surface area contributed by atoms with E-state index in [2.05, 4.69) is 36.3 Å². The summed E-state index contributed by atoms with van der Waals surface area (Å²) in [5, 5.41) is 20.7. The highest BCUT2D eigenvalue weighted by atomic mass is 79.9. The molecule has 3 aromatic carbocycles. The number of amides is 1. The van der Waals surface area contributed by atoms with Crippen molar-refractivity contribution < 1.29 is 27.9 Å². The Kier molecular flexibility index (Phi) is 8.90. The van der Waals surface area contributed by atoms with Crippen molar-refractivity contribution >= 4 is 43.7 Å². The van der Waals surface area contributed by atoms with Gasteiger partial charge in [0.1, 0.15) is 17.3 Å². The smallest absolute Gasteiger partial charge is 0.412 e. The van der Waals surface area contributed by atoms with Crippen LogP contribution in [0.15, 0.2) is 88.4 Å². The number of carbonyl (C=O) groups excluding carboxylic acids is 1. The van der Waals surface area contributed by atoms with E-state index in [0.29, 0.717) is 21.4 Å². The molecule has 0 aliphatic rings. The number of carboxylic acids is 1. The molecule has 0 aliphatic heterocycles. The number of aliphatic carboxylic acids is 1. The van der Waals surface area contributed by atoms with Gasteiger partial charge in [0.15, 0.2) is 0 Å². The Hall–Kier alpha value is -4.07. The second-order valence-electron chi connectivity index (χ2n) is 10.1. The minimum absolute atomic E-state index is 0.0284. The zero-order valence-corrected chi connectivity index (χ0v) is 24.8. The van der Waals surface area contributed by atoms with Crippen molar-refractivity contribution in [1.82, 2.24) is 19.7 Å². The molecule has 11 nitrogen and oxygen atoms in total. The summed E-state index contributed by atoms with van der Waals surface area (Å²) in [4.78, 5) is 23.8. The fourth-order valence-corrected chi connectivity index (χ4v) is 5.19. The average Bonchev–Trinajstić information content (AvgIpc) is 3.38. The van der Waals surface area contributed by atoms with Gasteiger partial charge in [-0.3, -0.25) is 10.1 Å². The van der Waals surface area contributed by atoms with E-state index in [1.54, 1.807) is 92.3 Å². The lowest BCUT2D eigenvalue weighted by molar-refractivity contribution is -0.138. The van der Waals surface area contributed by atoms with Gasteiger partial charge >= 0.3 is 12.1 Å². The average molecular weight is 643 g/mol. The molecule has 0 fully saturated rings. The second kappa shape index (κ2) is 12.2. The second-order valence-corrected chi connectivity index (χ2v) is 12.7. The lowest BCUT2D eigenvalue weighted by atomic mass is 10.0. The Morgan fingerprint density at radius 2 is 1.63 bits per heavy atom. The van der Waals surface area contributed by atoms with E-state index >= 15 is 0 Å². The fourth-order valence-electron chi connectivity index (χ4n) is 3.74. The Bertz CT molecular complexity index is 1630. The number of sulfonamides is 1. The highest BCUT2D eigenvalue weighted by molar-refractivity contribution is 9.10. The first kappa shape index (κ1) is 29.9. The molecule has 1 aromatic heterocycles. The number of carboxylic acid groups (broad SMARTS) is 1. The third kappa shape index (κ3) is 8.22. The molecule has 41 heavy (non-hydrogen) atoms. The molecule has 4 rings (SSSR count). The van der Waals surface area contributed by atoms with Crippen LogP contribution in [0.1, 0.15) is 26.3 Å². The van der Waals surface area contributed by atoms with Crippen molar-refractivity contribution in [3.8, 4) is 16.9 Å². The molecule has 0 spiro atoms. The molecule has 0 radical (unpaired) electrons.